The summed E-state index contributed by atoms with van der Waals surface area (Å²) in [7, 11) is 2.07. The maximum atomic E-state index is 6.79. The summed E-state index contributed by atoms with van der Waals surface area (Å²) >= 11 is 0. The molecular formula is C127H116N10O2Pt2-6. The van der Waals surface area contributed by atoms with Gasteiger partial charge in [0, 0.05) is 150 Å². The van der Waals surface area contributed by atoms with Crippen molar-refractivity contribution in [2.45, 2.75) is 157 Å². The molecule has 712 valence electrons. The molecule has 2 aliphatic rings. The van der Waals surface area contributed by atoms with Gasteiger partial charge in [0.05, 0.1) is 22.1 Å². The molecule has 0 saturated heterocycles. The minimum atomic E-state index is -0.145. The van der Waals surface area contributed by atoms with Crippen LogP contribution in [-0.2, 0) is 74.6 Å². The molecule has 0 unspecified atom stereocenters. The van der Waals surface area contributed by atoms with Crippen LogP contribution < -0.4 is 29.1 Å². The minimum absolute atomic E-state index is 0. The van der Waals surface area contributed by atoms with Gasteiger partial charge < -0.3 is 47.3 Å². The number of ether oxygens (including phenoxy) is 2. The summed E-state index contributed by atoms with van der Waals surface area (Å²) in [4.78, 5) is 18.6. The first-order valence-electron chi connectivity index (χ1n) is 48.3. The molecule has 6 aromatic heterocycles. The van der Waals surface area contributed by atoms with Crippen molar-refractivity contribution in [3.05, 3.63) is 417 Å². The van der Waals surface area contributed by atoms with E-state index in [4.69, 9.17) is 19.4 Å². The second-order valence-electron chi connectivity index (χ2n) is 43.2. The van der Waals surface area contributed by atoms with Crippen LogP contribution in [0.15, 0.2) is 346 Å². The normalized spacial score (nSPS) is 13.0. The Bertz CT molecular complexity index is 8030. The van der Waals surface area contributed by atoms with Crippen molar-refractivity contribution in [2.75, 3.05) is 26.6 Å². The molecule has 8 heterocycles. The molecule has 0 bridgehead atoms. The largest absolute Gasteiger partial charge is 0.509 e. The Hall–Kier alpha value is -14.0. The van der Waals surface area contributed by atoms with E-state index in [-0.39, 0.29) is 74.6 Å². The van der Waals surface area contributed by atoms with Gasteiger partial charge in [0.15, 0.2) is 0 Å². The molecule has 0 saturated carbocycles. The van der Waals surface area contributed by atoms with E-state index in [1.54, 1.807) is 0 Å². The quantitative estimate of drug-likeness (QED) is 0.112. The third-order valence-electron chi connectivity index (χ3n) is 27.3. The third-order valence-corrected chi connectivity index (χ3v) is 27.3. The molecule has 0 spiro atoms. The SMILES string of the molecule is CC(C)(C)c1cc(Oc2[c-]c3c(cc2)c2ccccc2n3-c2cc(C(C)(C)C)ccn2)[c-]c(N2[CH-]N(c3cc(C(C)(C)C)cc(C(C)(C)C)c3)c3ccccc32)c1.CN1[CH-]N(c2[c-]c(Oc3[c-]c4c(cc3)c3ccccc3n4-c3cc(C(C)(C)C)ccn3)cc(C(C)(C)C)c2)c2ccccc21.[Pt].[Pt].c1ccc2c(c1)c1ccccc1n2-c1ccc(-c2ccc(-n3c4ccccc4c4ccccc43)cc2)cc1. The van der Waals surface area contributed by atoms with Gasteiger partial charge in [-0.3, -0.25) is 0 Å². The summed E-state index contributed by atoms with van der Waals surface area (Å²) in [5, 5.41) is 9.65. The first-order valence-corrected chi connectivity index (χ1v) is 48.3. The van der Waals surface area contributed by atoms with Crippen molar-refractivity contribution >= 4 is 127 Å². The summed E-state index contributed by atoms with van der Waals surface area (Å²) in [6.45, 7) is 44.8. The number of pyridine rings is 2. The van der Waals surface area contributed by atoms with Gasteiger partial charge in [0.25, 0.3) is 0 Å². The van der Waals surface area contributed by atoms with Gasteiger partial charge in [0.2, 0.25) is 0 Å². The zero-order chi connectivity index (χ0) is 96.5. The van der Waals surface area contributed by atoms with Gasteiger partial charge in [-0.1, -0.05) is 299 Å². The summed E-state index contributed by atoms with van der Waals surface area (Å²) < 4.78 is 22.5. The molecule has 0 amide bonds. The first kappa shape index (κ1) is 95.9. The molecule has 0 atom stereocenters. The summed E-state index contributed by atoms with van der Waals surface area (Å²) in [6, 6.07) is 133. The predicted molar refractivity (Wildman–Crippen MR) is 581 cm³/mol. The number of anilines is 7. The van der Waals surface area contributed by atoms with Crippen LogP contribution >= 0.6 is 0 Å². The number of nitrogens with zero attached hydrogens (tertiary/aromatic N) is 10. The number of hydrogen-bond acceptors (Lipinski definition) is 8. The van der Waals surface area contributed by atoms with Crippen molar-refractivity contribution in [1.29, 1.82) is 0 Å². The zero-order valence-corrected chi connectivity index (χ0v) is 88.0. The molecule has 14 heteroatoms. The molecule has 12 nitrogen and oxygen atoms in total. The molecule has 0 fully saturated rings. The second kappa shape index (κ2) is 37.2. The summed E-state index contributed by atoms with van der Waals surface area (Å²) in [5.74, 6) is 4.27. The Morgan fingerprint density at radius 3 is 0.894 bits per heavy atom. The first-order chi connectivity index (χ1) is 66.6. The topological polar surface area (TPSA) is 76.9 Å². The van der Waals surface area contributed by atoms with Crippen molar-refractivity contribution in [1.82, 2.24) is 28.2 Å². The van der Waals surface area contributed by atoms with E-state index < -0.39 is 0 Å². The van der Waals surface area contributed by atoms with Crippen molar-refractivity contribution in [3.8, 4) is 57.1 Å². The summed E-state index contributed by atoms with van der Waals surface area (Å²) in [6.07, 6.45) is 3.81. The van der Waals surface area contributed by atoms with Crippen LogP contribution in [0.4, 0.5) is 39.8 Å². The molecule has 0 N–H and O–H groups in total. The number of para-hydroxylation sites is 10. The van der Waals surface area contributed by atoms with E-state index in [0.717, 1.165) is 101 Å². The Morgan fingerprint density at radius 2 is 0.539 bits per heavy atom. The van der Waals surface area contributed by atoms with Gasteiger partial charge in [-0.15, -0.1) is 101 Å². The minimum Gasteiger partial charge on any atom is -0.509 e. The van der Waals surface area contributed by atoms with Crippen LogP contribution in [0.2, 0.25) is 0 Å². The van der Waals surface area contributed by atoms with Crippen LogP contribution in [-0.4, -0.2) is 35.3 Å². The van der Waals surface area contributed by atoms with Crippen molar-refractivity contribution in [2.24, 2.45) is 0 Å². The van der Waals surface area contributed by atoms with Crippen LogP contribution in [0.5, 0.6) is 23.0 Å². The van der Waals surface area contributed by atoms with Crippen LogP contribution in [0.25, 0.3) is 121 Å². The smallest absolute Gasteiger partial charge is 0.135 e. The standard InChI is InChI=1S/C52H55N4O.C39H37N4O.C36H24N2.2Pt/c1-49(2,3)34-23-24-53-48(30-34)56-44-18-14-13-17-42(44)43-22-21-40(32-47(43)56)57-41-29-37(52(10,11)12)28-39(31-41)55-33-54(45-19-15-16-20-46(45)55)38-26-35(50(4,5)6)25-36(27-38)51(7,8)9;1-38(2,3)26-18-19-40-37(22-26)43-33-13-9-8-12-31(33)32-17-16-29(24-36(32)43)44-30-21-27(39(4,5)6)20-28(23-30)42-25-41(7)34-14-10-11-15-35(34)42;1-5-13-33-29(9-1)30-10-2-6-14-34(30)37(33)27-21-17-25(18-22-27)26-19-23-28(24-20-26)38-35-15-7-3-11-31(35)32-12-4-8-16-36(32)38;;/h13-30,33H,1-12H3;8-22,25H,1-7H3;1-24H;;/q2*-3;;;. The van der Waals surface area contributed by atoms with E-state index in [0.29, 0.717) is 23.0 Å². The number of fused-ring (bicyclic) bond motifs is 14. The third kappa shape index (κ3) is 18.4. The Morgan fingerprint density at radius 1 is 0.241 bits per heavy atom. The fraction of sp³-hybridized carbons (Fsp3) is 0.197. The van der Waals surface area contributed by atoms with Gasteiger partial charge in [0.1, 0.15) is 11.6 Å². The monoisotopic (exact) mass is 2200 g/mol. The Labute approximate surface area is 858 Å². The van der Waals surface area contributed by atoms with E-state index in [9.17, 15) is 0 Å². The van der Waals surface area contributed by atoms with Crippen LogP contribution in [0.3, 0.4) is 0 Å². The molecule has 2 aliphatic heterocycles. The fourth-order valence-corrected chi connectivity index (χ4v) is 19.5. The average Bonchev–Trinajstić information content (AvgIpc) is 1.60. The number of hydrogen-bond donors (Lipinski definition) is 0. The average molecular weight is 2200 g/mol. The Balaban J connectivity index is 0.000000136. The number of benzene rings is 15. The molecule has 0 aliphatic carbocycles. The molecular weight excluding hydrogens is 2090 g/mol. The molecule has 21 aromatic rings. The predicted octanol–water partition coefficient (Wildman–Crippen LogP) is 33.6. The van der Waals surface area contributed by atoms with Crippen LogP contribution in [0.1, 0.15) is 158 Å². The molecule has 0 radical (unpaired) electrons. The maximum absolute atomic E-state index is 6.79. The van der Waals surface area contributed by atoms with E-state index in [2.05, 4.69) is 529 Å². The Kier molecular flexibility index (Phi) is 25.3. The van der Waals surface area contributed by atoms with E-state index in [1.165, 1.54) is 93.9 Å². The van der Waals surface area contributed by atoms with Gasteiger partial charge in [-0.25, -0.2) is 9.97 Å². The zero-order valence-electron chi connectivity index (χ0n) is 83.5. The van der Waals surface area contributed by atoms with Crippen molar-refractivity contribution < 1.29 is 51.6 Å². The van der Waals surface area contributed by atoms with Gasteiger partial charge in [-0.2, -0.15) is 18.8 Å². The van der Waals surface area contributed by atoms with Crippen LogP contribution in [0, 0.1) is 37.6 Å². The molecule has 23 rings (SSSR count). The summed E-state index contributed by atoms with van der Waals surface area (Å²) in [5.41, 5.74) is 28.3. The van der Waals surface area contributed by atoms with Gasteiger partial charge >= 0.3 is 0 Å². The van der Waals surface area contributed by atoms with Crippen molar-refractivity contribution in [3.63, 3.8) is 0 Å². The maximum Gasteiger partial charge on any atom is 0.135 e. The molecule has 15 aromatic carbocycles. The number of rotatable bonds is 12. The van der Waals surface area contributed by atoms with E-state index in [1.807, 2.05) is 24.5 Å². The van der Waals surface area contributed by atoms with E-state index >= 15 is 0 Å². The second-order valence-corrected chi connectivity index (χ2v) is 43.2. The molecule has 141 heavy (non-hydrogen) atoms. The number of aromatic nitrogens is 6. The van der Waals surface area contributed by atoms with Gasteiger partial charge in [-0.05, 0) is 205 Å². The fourth-order valence-electron chi connectivity index (χ4n) is 19.5.